The minimum absolute atomic E-state index is 0. The van der Waals surface area contributed by atoms with Crippen LogP contribution in [0.2, 0.25) is 36.3 Å². The van der Waals surface area contributed by atoms with Crippen molar-refractivity contribution < 1.29 is 103 Å². The summed E-state index contributed by atoms with van der Waals surface area (Å²) < 4.78 is 141. The molecule has 20 saturated heterocycles. The van der Waals surface area contributed by atoms with E-state index in [-0.39, 0.29) is 230 Å². The second kappa shape index (κ2) is 38.3. The standard InChI is InChI=1S/C53H78O10Si.C47H74O10Si.CH4.O2S/c1-29(28-55-64(9,10)52(6,7)8)22-41-33(5)45-43(59-41)26-42-32(4)30(2)23-35(57-42)16-18-39-31(3)24-37(56-39)20-21-53-27-44-48(62-53)49-50(61-44)51(63-53)47-40(60-49)19-17-36(58-47)25-38(54)46(45)34-14-12-11-13-15-34;1-25(24-49-58(9,10)46(6,7)8)17-37-29(5)34-21-30(48)20-32-12-14-36-41(52-32)45-44-43(54-36)42-40(55-44)23-47(56-42,57-45)16-15-33-19-27(3)35(50-33)13-11-31-18-26(2)28(4)38(51-31)22-39(34)53-37;;1-3-2/h11-15,29-30,33,35-37,39-51H,3-4,16-28H2,1-2,5-10H3;25-26,29,31-45H,3-4,11-24H2,1-2,5-10H3;1H4;/t29-,30+,33-,35?,36+,37-,39-,40-,41+,42?,43-,44+,45+,46?,47-,48?,49-,50+,51?,53-;25-,26+,29+,31?,32+,33-,34+,35-,36-,37+,38?,39-,40+,41-,42?,43-,44+,45?,47-;;/m00../s1. The fraction of sp³-hybridized carbons (Fsp3) is 0.842. The molecule has 9 unspecified atom stereocenters. The Balaban J connectivity index is 0.000000180. The first-order chi connectivity index (χ1) is 59.3. The first-order valence-electron chi connectivity index (χ1n) is 48.9. The molecule has 20 fully saturated rings. The second-order valence-corrected chi connectivity index (χ2v) is 55.1. The third-order valence-electron chi connectivity index (χ3n) is 34.4. The van der Waals surface area contributed by atoms with Gasteiger partial charge in [-0.25, -0.2) is 0 Å². The lowest BCUT2D eigenvalue weighted by Crippen LogP contribution is -2.61. The number of ketones is 2. The highest BCUT2D eigenvalue weighted by Gasteiger charge is 2.71. The van der Waals surface area contributed by atoms with Crippen molar-refractivity contribution in [1.29, 1.82) is 0 Å². The van der Waals surface area contributed by atoms with E-state index in [4.69, 9.17) is 93.1 Å². The molecule has 20 aliphatic heterocycles. The zero-order valence-corrected chi connectivity index (χ0v) is 80.9. The lowest BCUT2D eigenvalue weighted by molar-refractivity contribution is -0.292. The van der Waals surface area contributed by atoms with Crippen molar-refractivity contribution in [2.45, 2.75) is 476 Å². The Morgan fingerprint density at radius 1 is 0.437 bits per heavy atom. The van der Waals surface area contributed by atoms with Gasteiger partial charge in [0.15, 0.2) is 28.2 Å². The quantitative estimate of drug-likeness (QED) is 0.148. The summed E-state index contributed by atoms with van der Waals surface area (Å²) in [7, 11) is -3.81. The summed E-state index contributed by atoms with van der Waals surface area (Å²) in [6, 6.07) is 10.5. The van der Waals surface area contributed by atoms with Crippen LogP contribution in [0.3, 0.4) is 0 Å². The van der Waals surface area contributed by atoms with Crippen molar-refractivity contribution in [3.8, 4) is 0 Å². The van der Waals surface area contributed by atoms with Crippen molar-refractivity contribution >= 4 is 39.8 Å². The van der Waals surface area contributed by atoms with Gasteiger partial charge in [0, 0.05) is 82.8 Å². The lowest BCUT2D eigenvalue weighted by Gasteiger charge is -2.47. The Morgan fingerprint density at radius 2 is 0.841 bits per heavy atom. The van der Waals surface area contributed by atoms with E-state index >= 15 is 4.79 Å². The fourth-order valence-corrected chi connectivity index (χ4v) is 27.3. The summed E-state index contributed by atoms with van der Waals surface area (Å²) in [5.41, 5.74) is 5.67. The molecule has 0 N–H and O–H groups in total. The van der Waals surface area contributed by atoms with E-state index in [0.717, 1.165) is 139 Å². The van der Waals surface area contributed by atoms with Crippen molar-refractivity contribution in [2.24, 2.45) is 47.3 Å². The van der Waals surface area contributed by atoms with Gasteiger partial charge in [0.05, 0.1) is 110 Å². The molecule has 126 heavy (non-hydrogen) atoms. The zero-order chi connectivity index (χ0) is 88.5. The molecular weight excluding hydrogens is 1650 g/mol. The number of ether oxygens (including phenoxy) is 16. The molecule has 39 atom stereocenters. The third kappa shape index (κ3) is 19.8. The molecular formula is C101H156O22SSi2. The molecule has 0 aromatic heterocycles. The maximum atomic E-state index is 15.4. The molecule has 0 radical (unpaired) electrons. The van der Waals surface area contributed by atoms with Crippen LogP contribution in [0.1, 0.15) is 263 Å². The maximum Gasteiger partial charge on any atom is 0.335 e. The minimum atomic E-state index is -1.93. The van der Waals surface area contributed by atoms with Crippen LogP contribution in [0.4, 0.5) is 0 Å². The molecule has 21 rings (SSSR count). The first-order valence-corrected chi connectivity index (χ1v) is 55.4. The smallest absolute Gasteiger partial charge is 0.335 e. The highest BCUT2D eigenvalue weighted by molar-refractivity contribution is 7.51. The van der Waals surface area contributed by atoms with E-state index in [1.165, 1.54) is 11.1 Å². The number of hydrogen-bond donors (Lipinski definition) is 0. The van der Waals surface area contributed by atoms with Gasteiger partial charge in [0.25, 0.3) is 0 Å². The molecule has 0 amide bonds. The average Bonchev–Trinajstić information content (AvgIpc) is 1.55. The molecule has 2 spiro atoms. The van der Waals surface area contributed by atoms with Crippen LogP contribution < -0.4 is 0 Å². The number of carbonyl (C=O) groups is 2. The van der Waals surface area contributed by atoms with E-state index in [2.05, 4.69) is 160 Å². The van der Waals surface area contributed by atoms with Gasteiger partial charge in [-0.1, -0.05) is 147 Å². The van der Waals surface area contributed by atoms with Crippen molar-refractivity contribution in [2.75, 3.05) is 13.2 Å². The van der Waals surface area contributed by atoms with Gasteiger partial charge in [-0.05, 0) is 208 Å². The van der Waals surface area contributed by atoms with Gasteiger partial charge in [-0.3, -0.25) is 9.59 Å². The van der Waals surface area contributed by atoms with E-state index in [9.17, 15) is 4.79 Å². The fourth-order valence-electron chi connectivity index (χ4n) is 25.1. The largest absolute Gasteiger partial charge is 0.417 e. The molecule has 25 heteroatoms. The van der Waals surface area contributed by atoms with Gasteiger partial charge in [0.1, 0.15) is 72.6 Å². The molecule has 20 heterocycles. The SMILES string of the molecule is C.C=C1C2C[C@@H]3O[C@H](C[C@H](C)CO[Si](C)(C)C(C)(C)C)[C@H](C)[C@H]3C(c3ccccc3)C(=O)C[C@H]3CC[C@@H]4O[C@H]5C6O[C@]7(CC[C@H]8CC(=C)[C@H](CCC(C[C@H]1C)O2)O8)C[C@H]6O[C@H]5C(O7)[C@H]4O3.C=C1C2C[C@@H]3O[C@H](C[C@H](C)CO[Si](C)(C)C(C)(C)C)[C@H](C)[C@H]3CC(=O)C[C@H]3CC[C@@H]4O[C@H]5C6O[C@]7(CC[C@H]8CC(=C)[C@H](CCC(C[C@H]1C)O2)O8)C[C@H]6O[C@H]5C(O7)[C@H]4O3.O=S=O. The summed E-state index contributed by atoms with van der Waals surface area (Å²) in [4.78, 5) is 29.7. The highest BCUT2D eigenvalue weighted by atomic mass is 32.1. The summed E-state index contributed by atoms with van der Waals surface area (Å²) >= 11 is -0.750. The highest BCUT2D eigenvalue weighted by Crippen LogP contribution is 2.59. The van der Waals surface area contributed by atoms with Gasteiger partial charge >= 0.3 is 11.6 Å². The van der Waals surface area contributed by atoms with E-state index in [1.54, 1.807) is 0 Å². The Hall–Kier alpha value is -2.95. The van der Waals surface area contributed by atoms with Crippen LogP contribution in [0.5, 0.6) is 0 Å². The topological polar surface area (TPSA) is 234 Å². The Morgan fingerprint density at radius 3 is 1.32 bits per heavy atom. The van der Waals surface area contributed by atoms with Crippen LogP contribution in [0.25, 0.3) is 0 Å². The number of benzene rings is 1. The number of Topliss-reactive ketones (excluding diaryl/α,β-unsaturated/α-hetero) is 2. The predicted octanol–water partition coefficient (Wildman–Crippen LogP) is 18.2. The third-order valence-corrected chi connectivity index (χ3v) is 43.4. The Labute approximate surface area is 758 Å². The van der Waals surface area contributed by atoms with Gasteiger partial charge < -0.3 is 84.6 Å². The second-order valence-electron chi connectivity index (χ2n) is 45.3. The molecule has 706 valence electrons. The van der Waals surface area contributed by atoms with Crippen molar-refractivity contribution in [1.82, 2.24) is 0 Å². The molecule has 20 aliphatic rings. The zero-order valence-electron chi connectivity index (χ0n) is 78.1. The molecule has 1 aromatic rings. The number of fused-ring (bicyclic) bond motifs is 12. The van der Waals surface area contributed by atoms with Crippen molar-refractivity contribution in [3.05, 3.63) is 84.5 Å². The first kappa shape index (κ1) is 96.2. The number of hydrogen-bond acceptors (Lipinski definition) is 22. The summed E-state index contributed by atoms with van der Waals surface area (Å²) in [5.74, 6) is 0.151. The van der Waals surface area contributed by atoms with E-state index in [0.29, 0.717) is 75.2 Å². The minimum Gasteiger partial charge on any atom is -0.417 e. The Bertz CT molecular complexity index is 4050. The van der Waals surface area contributed by atoms with E-state index in [1.807, 2.05) is 6.07 Å². The summed E-state index contributed by atoms with van der Waals surface area (Å²) in [5, 5.41) is 0.299. The Kier molecular flexibility index (Phi) is 29.2. The normalized spacial score (nSPS) is 46.2. The van der Waals surface area contributed by atoms with Crippen LogP contribution in [-0.2, 0) is 106 Å². The van der Waals surface area contributed by atoms with Crippen LogP contribution in [0.15, 0.2) is 78.9 Å². The number of rotatable bonds is 11. The molecule has 1 aromatic carbocycles. The lowest BCUT2D eigenvalue weighted by atomic mass is 9.70. The molecule has 24 bridgehead atoms. The van der Waals surface area contributed by atoms with Gasteiger partial charge in [0.2, 0.25) is 0 Å². The monoisotopic (exact) mass is 1810 g/mol. The molecule has 22 nitrogen and oxygen atoms in total. The summed E-state index contributed by atoms with van der Waals surface area (Å²) in [6.07, 6.45) is 15.6. The molecule has 0 aliphatic carbocycles. The van der Waals surface area contributed by atoms with Crippen LogP contribution in [-0.4, -0.2) is 232 Å². The van der Waals surface area contributed by atoms with Crippen LogP contribution >= 0.6 is 0 Å². The summed E-state index contributed by atoms with van der Waals surface area (Å²) in [6.45, 7) is 56.5. The van der Waals surface area contributed by atoms with E-state index < -0.39 is 39.8 Å². The average molecular weight is 1810 g/mol. The van der Waals surface area contributed by atoms with Gasteiger partial charge in [-0.15, -0.1) is 0 Å². The number of carbonyl (C=O) groups excluding carboxylic acids is 2. The van der Waals surface area contributed by atoms with Gasteiger partial charge in [-0.2, -0.15) is 8.42 Å². The molecule has 0 saturated carbocycles. The van der Waals surface area contributed by atoms with Crippen molar-refractivity contribution in [3.63, 3.8) is 0 Å². The predicted molar refractivity (Wildman–Crippen MR) is 484 cm³/mol. The van der Waals surface area contributed by atoms with Crippen LogP contribution in [0, 0.1) is 47.3 Å². The maximum absolute atomic E-state index is 15.4.